The Morgan fingerprint density at radius 1 is 1.32 bits per heavy atom. The number of benzene rings is 1. The van der Waals surface area contributed by atoms with Gasteiger partial charge in [-0.05, 0) is 12.1 Å². The fourth-order valence-electron chi connectivity index (χ4n) is 3.22. The molecular weight excluding hydrogens is 366 g/mol. The lowest BCUT2D eigenvalue weighted by Gasteiger charge is -2.29. The van der Waals surface area contributed by atoms with E-state index in [2.05, 4.69) is 15.0 Å². The summed E-state index contributed by atoms with van der Waals surface area (Å²) < 4.78 is 12.8. The number of ether oxygens (including phenoxy) is 2. The number of esters is 1. The lowest BCUT2D eigenvalue weighted by Crippen LogP contribution is -2.48. The van der Waals surface area contributed by atoms with E-state index in [4.69, 9.17) is 15.2 Å². The van der Waals surface area contributed by atoms with Crippen molar-refractivity contribution >= 4 is 23.0 Å². The predicted molar refractivity (Wildman–Crippen MR) is 97.0 cm³/mol. The Morgan fingerprint density at radius 2 is 2.11 bits per heavy atom. The van der Waals surface area contributed by atoms with Crippen molar-refractivity contribution in [1.82, 2.24) is 19.5 Å². The van der Waals surface area contributed by atoms with Crippen LogP contribution in [0.25, 0.3) is 11.2 Å². The van der Waals surface area contributed by atoms with Gasteiger partial charge in [0.1, 0.15) is 24.7 Å². The van der Waals surface area contributed by atoms with Crippen LogP contribution in [0.15, 0.2) is 43.0 Å². The number of fused-ring (bicyclic) bond motifs is 1. The number of rotatable bonds is 5. The summed E-state index contributed by atoms with van der Waals surface area (Å²) in [7, 11) is 0. The minimum absolute atomic E-state index is 0.152. The largest absolute Gasteiger partial charge is 0.459 e. The van der Waals surface area contributed by atoms with E-state index in [0.29, 0.717) is 16.7 Å². The summed E-state index contributed by atoms with van der Waals surface area (Å²) in [5.74, 6) is -0.339. The Kier molecular flexibility index (Phi) is 4.67. The van der Waals surface area contributed by atoms with Gasteiger partial charge in [-0.3, -0.25) is 4.57 Å². The maximum atomic E-state index is 12.2. The molecule has 10 nitrogen and oxygen atoms in total. The zero-order valence-corrected chi connectivity index (χ0v) is 14.8. The first kappa shape index (κ1) is 18.3. The van der Waals surface area contributed by atoms with Crippen molar-refractivity contribution in [3.8, 4) is 0 Å². The summed E-state index contributed by atoms with van der Waals surface area (Å²) in [6, 6.07) is 8.45. The van der Waals surface area contributed by atoms with Crippen molar-refractivity contribution in [3.63, 3.8) is 0 Å². The minimum Gasteiger partial charge on any atom is -0.459 e. The number of carbonyl (C=O) groups excluding carboxylic acids is 1. The van der Waals surface area contributed by atoms with Gasteiger partial charge in [-0.25, -0.2) is 19.7 Å². The van der Waals surface area contributed by atoms with Gasteiger partial charge in [-0.1, -0.05) is 18.2 Å². The maximum Gasteiger partial charge on any atom is 0.338 e. The van der Waals surface area contributed by atoms with Crippen molar-refractivity contribution < 1.29 is 24.5 Å². The molecule has 0 unspecified atom stereocenters. The first-order valence-electron chi connectivity index (χ1n) is 8.66. The Balaban J connectivity index is 1.53. The summed E-state index contributed by atoms with van der Waals surface area (Å²) in [5, 5.41) is 20.4. The quantitative estimate of drug-likeness (QED) is 0.527. The SMILES string of the molecule is Nc1ncnc2c1ncn2[C@H]1C[C@H](O)[C@@](CO)(COC(=O)c2ccccc2)O1. The Labute approximate surface area is 159 Å². The third-order valence-corrected chi connectivity index (χ3v) is 4.82. The van der Waals surface area contributed by atoms with E-state index in [1.165, 1.54) is 12.7 Å². The standard InChI is InChI=1S/C18H19N5O5/c19-15-14-16(21-9-20-15)23(10-22-14)13-6-12(25)18(7-24,28-13)8-27-17(26)11-4-2-1-3-5-11/h1-5,9-10,12-13,24-25H,6-8H2,(H2,19,20,21)/t12-,13+,18+/m0/s1. The smallest absolute Gasteiger partial charge is 0.338 e. The molecule has 4 rings (SSSR count). The highest BCUT2D eigenvalue weighted by Crippen LogP contribution is 2.38. The number of nitrogens with zero attached hydrogens (tertiary/aromatic N) is 4. The van der Waals surface area contributed by atoms with E-state index in [9.17, 15) is 15.0 Å². The van der Waals surface area contributed by atoms with Gasteiger partial charge in [-0.15, -0.1) is 0 Å². The van der Waals surface area contributed by atoms with Gasteiger partial charge >= 0.3 is 5.97 Å². The average Bonchev–Trinajstić information content (AvgIpc) is 3.29. The molecule has 1 aliphatic rings. The molecule has 0 spiro atoms. The molecule has 1 fully saturated rings. The number of aliphatic hydroxyl groups excluding tert-OH is 2. The van der Waals surface area contributed by atoms with Gasteiger partial charge in [-0.2, -0.15) is 0 Å². The molecule has 28 heavy (non-hydrogen) atoms. The van der Waals surface area contributed by atoms with Crippen LogP contribution in [-0.2, 0) is 9.47 Å². The predicted octanol–water partition coefficient (Wildman–Crippen LogP) is 0.276. The van der Waals surface area contributed by atoms with Gasteiger partial charge in [0, 0.05) is 6.42 Å². The Morgan fingerprint density at radius 3 is 2.86 bits per heavy atom. The Hall–Kier alpha value is -3.08. The van der Waals surface area contributed by atoms with Gasteiger partial charge in [0.15, 0.2) is 17.1 Å². The summed E-state index contributed by atoms with van der Waals surface area (Å²) in [4.78, 5) is 24.4. The number of imidazole rings is 1. The molecule has 4 N–H and O–H groups in total. The average molecular weight is 385 g/mol. The van der Waals surface area contributed by atoms with Gasteiger partial charge in [0.05, 0.1) is 24.6 Å². The summed E-state index contributed by atoms with van der Waals surface area (Å²) >= 11 is 0. The van der Waals surface area contributed by atoms with Gasteiger partial charge in [0.25, 0.3) is 0 Å². The molecule has 0 bridgehead atoms. The highest BCUT2D eigenvalue weighted by atomic mass is 16.6. The monoisotopic (exact) mass is 385 g/mol. The molecule has 3 atom stereocenters. The molecule has 2 aromatic heterocycles. The van der Waals surface area contributed by atoms with Crippen molar-refractivity contribution in [2.24, 2.45) is 0 Å². The highest BCUT2D eigenvalue weighted by molar-refractivity contribution is 5.89. The van der Waals surface area contributed by atoms with Crippen molar-refractivity contribution in [1.29, 1.82) is 0 Å². The molecule has 0 amide bonds. The lowest BCUT2D eigenvalue weighted by molar-refractivity contribution is -0.150. The third kappa shape index (κ3) is 3.07. The topological polar surface area (TPSA) is 146 Å². The Bertz CT molecular complexity index is 994. The minimum atomic E-state index is -1.45. The highest BCUT2D eigenvalue weighted by Gasteiger charge is 2.50. The van der Waals surface area contributed by atoms with Crippen molar-refractivity contribution in [2.75, 3.05) is 18.9 Å². The molecule has 0 aliphatic carbocycles. The van der Waals surface area contributed by atoms with E-state index in [1.54, 1.807) is 34.9 Å². The van der Waals surface area contributed by atoms with E-state index < -0.39 is 30.5 Å². The summed E-state index contributed by atoms with van der Waals surface area (Å²) in [6.07, 6.45) is 1.21. The van der Waals surface area contributed by atoms with Crippen LogP contribution >= 0.6 is 0 Å². The first-order valence-corrected chi connectivity index (χ1v) is 8.66. The molecule has 1 aromatic carbocycles. The second-order valence-electron chi connectivity index (χ2n) is 6.57. The van der Waals surface area contributed by atoms with E-state index in [0.717, 1.165) is 0 Å². The van der Waals surface area contributed by atoms with E-state index in [-0.39, 0.29) is 18.8 Å². The molecule has 0 radical (unpaired) electrons. The zero-order valence-electron chi connectivity index (χ0n) is 14.8. The normalized spacial score (nSPS) is 24.5. The van der Waals surface area contributed by atoms with Gasteiger partial charge < -0.3 is 25.4 Å². The molecule has 1 saturated heterocycles. The number of aliphatic hydroxyl groups is 2. The number of anilines is 1. The van der Waals surface area contributed by atoms with Crippen LogP contribution in [0.4, 0.5) is 5.82 Å². The second-order valence-corrected chi connectivity index (χ2v) is 6.57. The van der Waals surface area contributed by atoms with Crippen LogP contribution in [0, 0.1) is 0 Å². The fraction of sp³-hybridized carbons (Fsp3) is 0.333. The molecule has 0 saturated carbocycles. The number of hydrogen-bond donors (Lipinski definition) is 3. The molecule has 1 aliphatic heterocycles. The molecule has 3 aromatic rings. The van der Waals surface area contributed by atoms with E-state index >= 15 is 0 Å². The second kappa shape index (κ2) is 7.15. The van der Waals surface area contributed by atoms with Gasteiger partial charge in [0.2, 0.25) is 0 Å². The molecule has 10 heteroatoms. The number of aromatic nitrogens is 4. The lowest BCUT2D eigenvalue weighted by atomic mass is 9.99. The molecule has 146 valence electrons. The number of nitrogen functional groups attached to an aromatic ring is 1. The first-order chi connectivity index (χ1) is 13.5. The van der Waals surface area contributed by atoms with Crippen LogP contribution in [-0.4, -0.2) is 60.6 Å². The summed E-state index contributed by atoms with van der Waals surface area (Å²) in [5.41, 5.74) is 5.57. The number of nitrogens with two attached hydrogens (primary N) is 1. The maximum absolute atomic E-state index is 12.2. The van der Waals surface area contributed by atoms with Crippen LogP contribution in [0.1, 0.15) is 23.0 Å². The fourth-order valence-corrected chi connectivity index (χ4v) is 3.22. The zero-order chi connectivity index (χ0) is 19.7. The molecule has 3 heterocycles. The van der Waals surface area contributed by atoms with Crippen LogP contribution in [0.2, 0.25) is 0 Å². The number of carbonyl (C=O) groups is 1. The van der Waals surface area contributed by atoms with Crippen LogP contribution < -0.4 is 5.73 Å². The van der Waals surface area contributed by atoms with Crippen molar-refractivity contribution in [3.05, 3.63) is 48.5 Å². The molecular formula is C18H19N5O5. The van der Waals surface area contributed by atoms with E-state index in [1.807, 2.05) is 0 Å². The van der Waals surface area contributed by atoms with Crippen molar-refractivity contribution in [2.45, 2.75) is 24.4 Å². The third-order valence-electron chi connectivity index (χ3n) is 4.82. The van der Waals surface area contributed by atoms with Crippen LogP contribution in [0.5, 0.6) is 0 Å². The van der Waals surface area contributed by atoms with Crippen LogP contribution in [0.3, 0.4) is 0 Å². The number of hydrogen-bond acceptors (Lipinski definition) is 9. The summed E-state index contributed by atoms with van der Waals surface area (Å²) in [6.45, 7) is -0.838.